The summed E-state index contributed by atoms with van der Waals surface area (Å²) >= 11 is 3.41. The van der Waals surface area contributed by atoms with E-state index in [0.717, 1.165) is 41.5 Å². The minimum Gasteiger partial charge on any atom is -0.339 e. The van der Waals surface area contributed by atoms with Gasteiger partial charge in [-0.25, -0.2) is 0 Å². The third kappa shape index (κ3) is 3.35. The zero-order valence-corrected chi connectivity index (χ0v) is 15.1. The van der Waals surface area contributed by atoms with Crippen molar-refractivity contribution in [3.05, 3.63) is 58.6 Å². The molecule has 4 rings (SSSR count). The molecule has 0 aliphatic carbocycles. The minimum absolute atomic E-state index is 0.0657. The van der Waals surface area contributed by atoms with Gasteiger partial charge in [0.2, 0.25) is 5.82 Å². The average molecular weight is 398 g/mol. The summed E-state index contributed by atoms with van der Waals surface area (Å²) in [6, 6.07) is 15.1. The van der Waals surface area contributed by atoms with Crippen LogP contribution in [0.25, 0.3) is 22.8 Å². The molecule has 1 fully saturated rings. The maximum Gasteiger partial charge on any atom is 0.258 e. The summed E-state index contributed by atoms with van der Waals surface area (Å²) in [6.45, 7) is 1.66. The number of nitrogens with zero attached hydrogens (tertiary/aromatic N) is 3. The molecule has 126 valence electrons. The van der Waals surface area contributed by atoms with Crippen LogP contribution in [0.3, 0.4) is 0 Å². The summed E-state index contributed by atoms with van der Waals surface area (Å²) in [6.07, 6.45) is 2.15. The lowest BCUT2D eigenvalue weighted by molar-refractivity contribution is 0.0793. The van der Waals surface area contributed by atoms with E-state index in [9.17, 15) is 4.79 Å². The molecule has 1 saturated heterocycles. The first-order valence-corrected chi connectivity index (χ1v) is 8.99. The molecule has 1 aromatic heterocycles. The lowest BCUT2D eigenvalue weighted by Crippen LogP contribution is -2.27. The van der Waals surface area contributed by atoms with Crippen LogP contribution in [0.5, 0.6) is 0 Å². The van der Waals surface area contributed by atoms with Gasteiger partial charge in [-0.15, -0.1) is 0 Å². The Bertz CT molecular complexity index is 899. The normalized spacial score (nSPS) is 14.0. The third-order valence-electron chi connectivity index (χ3n) is 4.28. The molecule has 0 bridgehead atoms. The molecular formula is C19H16BrN3O2. The lowest BCUT2D eigenvalue weighted by Gasteiger charge is -2.15. The number of carbonyl (C=O) groups excluding carboxylic acids is 1. The van der Waals surface area contributed by atoms with Crippen molar-refractivity contribution in [1.29, 1.82) is 0 Å². The highest BCUT2D eigenvalue weighted by Crippen LogP contribution is 2.24. The van der Waals surface area contributed by atoms with E-state index < -0.39 is 0 Å². The van der Waals surface area contributed by atoms with Crippen LogP contribution in [0.4, 0.5) is 0 Å². The number of halogens is 1. The number of likely N-dealkylation sites (tertiary alicyclic amines) is 1. The fourth-order valence-electron chi connectivity index (χ4n) is 2.94. The van der Waals surface area contributed by atoms with Crippen molar-refractivity contribution in [1.82, 2.24) is 15.0 Å². The number of hydrogen-bond acceptors (Lipinski definition) is 4. The minimum atomic E-state index is 0.0657. The van der Waals surface area contributed by atoms with Crippen LogP contribution in [0, 0.1) is 0 Å². The van der Waals surface area contributed by atoms with E-state index in [2.05, 4.69) is 26.1 Å². The SMILES string of the molecule is O=C(c1cccc(-c2noc(-c3ccc(Br)cc3)n2)c1)N1CCCC1. The van der Waals surface area contributed by atoms with Gasteiger partial charge in [0.1, 0.15) is 0 Å². The molecule has 1 aliphatic heterocycles. The number of rotatable bonds is 3. The van der Waals surface area contributed by atoms with Gasteiger partial charge in [0.05, 0.1) is 0 Å². The van der Waals surface area contributed by atoms with Gasteiger partial charge in [-0.1, -0.05) is 33.2 Å². The highest BCUT2D eigenvalue weighted by Gasteiger charge is 2.20. The Morgan fingerprint density at radius 3 is 2.56 bits per heavy atom. The Morgan fingerprint density at radius 2 is 1.80 bits per heavy atom. The average Bonchev–Trinajstić information content (AvgIpc) is 3.34. The Balaban J connectivity index is 1.61. The van der Waals surface area contributed by atoms with E-state index in [1.54, 1.807) is 0 Å². The van der Waals surface area contributed by atoms with Gasteiger partial charge in [-0.3, -0.25) is 4.79 Å². The van der Waals surface area contributed by atoms with Crippen LogP contribution < -0.4 is 0 Å². The quantitative estimate of drug-likeness (QED) is 0.656. The van der Waals surface area contributed by atoms with Crippen LogP contribution >= 0.6 is 15.9 Å². The standard InChI is InChI=1S/C19H16BrN3O2/c20-16-8-6-13(7-9-16)18-21-17(22-25-18)14-4-3-5-15(12-14)19(24)23-10-1-2-11-23/h3-9,12H,1-2,10-11H2. The molecule has 0 spiro atoms. The predicted octanol–water partition coefficient (Wildman–Crippen LogP) is 4.40. The fraction of sp³-hybridized carbons (Fsp3) is 0.211. The highest BCUT2D eigenvalue weighted by atomic mass is 79.9. The second-order valence-electron chi connectivity index (χ2n) is 6.01. The molecule has 0 atom stereocenters. The van der Waals surface area contributed by atoms with E-state index in [-0.39, 0.29) is 5.91 Å². The van der Waals surface area contributed by atoms with E-state index in [4.69, 9.17) is 4.52 Å². The van der Waals surface area contributed by atoms with Crippen molar-refractivity contribution in [3.63, 3.8) is 0 Å². The predicted molar refractivity (Wildman–Crippen MR) is 98.0 cm³/mol. The summed E-state index contributed by atoms with van der Waals surface area (Å²) in [5, 5.41) is 4.06. The zero-order valence-electron chi connectivity index (χ0n) is 13.5. The van der Waals surface area contributed by atoms with E-state index in [1.165, 1.54) is 0 Å². The van der Waals surface area contributed by atoms with Crippen molar-refractivity contribution in [2.75, 3.05) is 13.1 Å². The van der Waals surface area contributed by atoms with Gasteiger partial charge in [0, 0.05) is 34.3 Å². The molecule has 1 aliphatic rings. The Morgan fingerprint density at radius 1 is 1.04 bits per heavy atom. The van der Waals surface area contributed by atoms with Gasteiger partial charge in [0.15, 0.2) is 0 Å². The van der Waals surface area contributed by atoms with Crippen LogP contribution in [0.1, 0.15) is 23.2 Å². The van der Waals surface area contributed by atoms with Crippen LogP contribution in [0.2, 0.25) is 0 Å². The monoisotopic (exact) mass is 397 g/mol. The summed E-state index contributed by atoms with van der Waals surface area (Å²) in [5.74, 6) is 1.00. The summed E-state index contributed by atoms with van der Waals surface area (Å²) in [4.78, 5) is 18.9. The molecule has 1 amide bonds. The third-order valence-corrected chi connectivity index (χ3v) is 4.81. The number of benzene rings is 2. The van der Waals surface area contributed by atoms with E-state index >= 15 is 0 Å². The zero-order chi connectivity index (χ0) is 17.2. The number of aromatic nitrogens is 2. The molecule has 25 heavy (non-hydrogen) atoms. The molecule has 0 radical (unpaired) electrons. The van der Waals surface area contributed by atoms with Crippen molar-refractivity contribution < 1.29 is 9.32 Å². The van der Waals surface area contributed by atoms with Crippen LogP contribution in [0.15, 0.2) is 57.5 Å². The number of hydrogen-bond donors (Lipinski definition) is 0. The van der Waals surface area contributed by atoms with Gasteiger partial charge >= 0.3 is 0 Å². The van der Waals surface area contributed by atoms with Gasteiger partial charge in [-0.05, 0) is 49.2 Å². The molecule has 5 nitrogen and oxygen atoms in total. The van der Waals surface area contributed by atoms with Crippen molar-refractivity contribution in [3.8, 4) is 22.8 Å². The van der Waals surface area contributed by atoms with E-state index in [0.29, 0.717) is 17.3 Å². The largest absolute Gasteiger partial charge is 0.339 e. The second-order valence-corrected chi connectivity index (χ2v) is 6.93. The van der Waals surface area contributed by atoms with Crippen molar-refractivity contribution in [2.24, 2.45) is 0 Å². The van der Waals surface area contributed by atoms with Crippen LogP contribution in [-0.4, -0.2) is 34.0 Å². The lowest BCUT2D eigenvalue weighted by atomic mass is 10.1. The van der Waals surface area contributed by atoms with Gasteiger partial charge < -0.3 is 9.42 Å². The number of carbonyl (C=O) groups is 1. The topological polar surface area (TPSA) is 59.2 Å². The Kier molecular flexibility index (Phi) is 4.36. The van der Waals surface area contributed by atoms with E-state index in [1.807, 2.05) is 53.4 Å². The molecule has 0 N–H and O–H groups in total. The van der Waals surface area contributed by atoms with Crippen LogP contribution in [-0.2, 0) is 0 Å². The summed E-state index contributed by atoms with van der Waals surface area (Å²) in [5.41, 5.74) is 2.29. The highest BCUT2D eigenvalue weighted by molar-refractivity contribution is 9.10. The van der Waals surface area contributed by atoms with Gasteiger partial charge in [-0.2, -0.15) is 4.98 Å². The molecule has 0 saturated carbocycles. The number of amides is 1. The Hall–Kier alpha value is -2.47. The molecule has 3 aromatic rings. The smallest absolute Gasteiger partial charge is 0.258 e. The maximum absolute atomic E-state index is 12.5. The molecule has 0 unspecified atom stereocenters. The molecule has 2 heterocycles. The molecule has 6 heteroatoms. The molecular weight excluding hydrogens is 382 g/mol. The summed E-state index contributed by atoms with van der Waals surface area (Å²) < 4.78 is 6.36. The Labute approximate surface area is 153 Å². The fourth-order valence-corrected chi connectivity index (χ4v) is 3.21. The summed E-state index contributed by atoms with van der Waals surface area (Å²) in [7, 11) is 0. The first kappa shape index (κ1) is 16.0. The van der Waals surface area contributed by atoms with Gasteiger partial charge in [0.25, 0.3) is 11.8 Å². The van der Waals surface area contributed by atoms with Crippen molar-refractivity contribution in [2.45, 2.75) is 12.8 Å². The first-order chi connectivity index (χ1) is 12.2. The maximum atomic E-state index is 12.5. The molecule has 2 aromatic carbocycles. The first-order valence-electron chi connectivity index (χ1n) is 8.20. The second kappa shape index (κ2) is 6.80. The van der Waals surface area contributed by atoms with Crippen molar-refractivity contribution >= 4 is 21.8 Å².